The lowest BCUT2D eigenvalue weighted by atomic mass is 9.98. The van der Waals surface area contributed by atoms with Gasteiger partial charge in [-0.05, 0) is 30.9 Å². The highest BCUT2D eigenvalue weighted by atomic mass is 32.2. The number of aromatic nitrogens is 1. The van der Waals surface area contributed by atoms with Gasteiger partial charge in [-0.15, -0.1) is 0 Å². The van der Waals surface area contributed by atoms with E-state index < -0.39 is 12.0 Å². The van der Waals surface area contributed by atoms with E-state index in [1.54, 1.807) is 31.5 Å². The molecule has 4 nitrogen and oxygen atoms in total. The van der Waals surface area contributed by atoms with E-state index in [4.69, 9.17) is 4.74 Å². The van der Waals surface area contributed by atoms with Crippen molar-refractivity contribution in [3.8, 4) is 0 Å². The van der Waals surface area contributed by atoms with Crippen LogP contribution in [0.5, 0.6) is 0 Å². The molecule has 0 fully saturated rings. The summed E-state index contributed by atoms with van der Waals surface area (Å²) in [4.78, 5) is 15.6. The molecular formula is C12H17NO3S. The Labute approximate surface area is 105 Å². The monoisotopic (exact) mass is 255 g/mol. The number of esters is 1. The average molecular weight is 255 g/mol. The van der Waals surface area contributed by atoms with Crippen LogP contribution in [-0.2, 0) is 9.53 Å². The summed E-state index contributed by atoms with van der Waals surface area (Å²) in [5.41, 5.74) is 0.687. The smallest absolute Gasteiger partial charge is 0.312 e. The van der Waals surface area contributed by atoms with Gasteiger partial charge in [0, 0.05) is 18.1 Å². The summed E-state index contributed by atoms with van der Waals surface area (Å²) >= 11 is 1.51. The van der Waals surface area contributed by atoms with Gasteiger partial charge in [0.15, 0.2) is 0 Å². The van der Waals surface area contributed by atoms with Gasteiger partial charge in [0.05, 0.1) is 18.6 Å². The van der Waals surface area contributed by atoms with Gasteiger partial charge in [-0.2, -0.15) is 11.8 Å². The second-order valence-electron chi connectivity index (χ2n) is 3.54. The van der Waals surface area contributed by atoms with Crippen LogP contribution in [0.1, 0.15) is 18.6 Å². The van der Waals surface area contributed by atoms with Crippen LogP contribution in [0.25, 0.3) is 0 Å². The molecule has 0 amide bonds. The van der Waals surface area contributed by atoms with Crippen molar-refractivity contribution in [2.75, 3.05) is 18.6 Å². The van der Waals surface area contributed by atoms with Crippen molar-refractivity contribution in [3.05, 3.63) is 30.1 Å². The van der Waals surface area contributed by atoms with Crippen molar-refractivity contribution in [2.24, 2.45) is 5.92 Å². The first-order valence-electron chi connectivity index (χ1n) is 5.44. The highest BCUT2D eigenvalue weighted by Crippen LogP contribution is 2.25. The molecule has 0 aromatic carbocycles. The molecule has 0 saturated heterocycles. The molecule has 0 aliphatic rings. The number of aliphatic hydroxyl groups is 1. The fourth-order valence-electron chi connectivity index (χ4n) is 1.51. The second kappa shape index (κ2) is 7.29. The van der Waals surface area contributed by atoms with Crippen LogP contribution >= 0.6 is 11.8 Å². The normalized spacial score (nSPS) is 14.1. The fourth-order valence-corrected chi connectivity index (χ4v) is 2.19. The summed E-state index contributed by atoms with van der Waals surface area (Å²) in [5.74, 6) is -0.360. The third-order valence-corrected chi connectivity index (χ3v) is 3.06. The largest absolute Gasteiger partial charge is 0.466 e. The zero-order chi connectivity index (χ0) is 12.7. The van der Waals surface area contributed by atoms with Crippen LogP contribution in [0.3, 0.4) is 0 Å². The van der Waals surface area contributed by atoms with Crippen LogP contribution in [0.2, 0.25) is 0 Å². The number of pyridine rings is 1. The number of carbonyl (C=O) groups excluding carboxylic acids is 1. The van der Waals surface area contributed by atoms with Crippen LogP contribution in [0, 0.1) is 5.92 Å². The predicted molar refractivity (Wildman–Crippen MR) is 67.7 cm³/mol. The van der Waals surface area contributed by atoms with Gasteiger partial charge < -0.3 is 9.84 Å². The quantitative estimate of drug-likeness (QED) is 0.783. The summed E-state index contributed by atoms with van der Waals surface area (Å²) in [6.45, 7) is 2.08. The Balaban J connectivity index is 2.80. The molecule has 1 heterocycles. The minimum absolute atomic E-state index is 0.326. The zero-order valence-corrected chi connectivity index (χ0v) is 10.8. The van der Waals surface area contributed by atoms with E-state index in [1.165, 1.54) is 11.8 Å². The van der Waals surface area contributed by atoms with Gasteiger partial charge in [-0.3, -0.25) is 9.78 Å². The van der Waals surface area contributed by atoms with Crippen LogP contribution < -0.4 is 0 Å². The molecule has 17 heavy (non-hydrogen) atoms. The summed E-state index contributed by atoms with van der Waals surface area (Å²) < 4.78 is 4.97. The van der Waals surface area contributed by atoms with Crippen LogP contribution in [0.4, 0.5) is 0 Å². The standard InChI is InChI=1S/C12H17NO3S/c1-3-16-12(15)10(8-17-2)11(14)9-4-6-13-7-5-9/h4-7,10-11,14H,3,8H2,1-2H3. The molecule has 5 heteroatoms. The molecule has 1 rings (SSSR count). The average Bonchev–Trinajstić information content (AvgIpc) is 2.36. The maximum atomic E-state index is 11.7. The van der Waals surface area contributed by atoms with E-state index in [0.29, 0.717) is 17.9 Å². The number of aliphatic hydroxyl groups excluding tert-OH is 1. The molecule has 2 atom stereocenters. The van der Waals surface area contributed by atoms with Gasteiger partial charge in [0.2, 0.25) is 0 Å². The van der Waals surface area contributed by atoms with E-state index in [1.807, 2.05) is 6.26 Å². The van der Waals surface area contributed by atoms with E-state index >= 15 is 0 Å². The fraction of sp³-hybridized carbons (Fsp3) is 0.500. The lowest BCUT2D eigenvalue weighted by Gasteiger charge is -2.20. The van der Waals surface area contributed by atoms with Gasteiger partial charge in [0.25, 0.3) is 0 Å². The van der Waals surface area contributed by atoms with Crippen molar-refractivity contribution in [1.82, 2.24) is 4.98 Å². The number of ether oxygens (including phenoxy) is 1. The lowest BCUT2D eigenvalue weighted by molar-refractivity contribution is -0.151. The molecule has 0 aliphatic heterocycles. The number of hydrogen-bond donors (Lipinski definition) is 1. The molecular weight excluding hydrogens is 238 g/mol. The summed E-state index contributed by atoms with van der Waals surface area (Å²) in [6, 6.07) is 3.41. The van der Waals surface area contributed by atoms with E-state index in [-0.39, 0.29) is 5.97 Å². The maximum Gasteiger partial charge on any atom is 0.312 e. The van der Waals surface area contributed by atoms with Gasteiger partial charge in [-0.1, -0.05) is 0 Å². The highest BCUT2D eigenvalue weighted by Gasteiger charge is 2.28. The van der Waals surface area contributed by atoms with Crippen molar-refractivity contribution in [3.63, 3.8) is 0 Å². The van der Waals surface area contributed by atoms with Gasteiger partial charge >= 0.3 is 5.97 Å². The Morgan fingerprint density at radius 1 is 1.53 bits per heavy atom. The SMILES string of the molecule is CCOC(=O)C(CSC)C(O)c1ccncc1. The Hall–Kier alpha value is -1.07. The van der Waals surface area contributed by atoms with Crippen LogP contribution in [0.15, 0.2) is 24.5 Å². The Morgan fingerprint density at radius 2 is 2.18 bits per heavy atom. The molecule has 0 aliphatic carbocycles. The summed E-state index contributed by atoms with van der Waals surface area (Å²) in [6.07, 6.45) is 4.25. The van der Waals surface area contributed by atoms with Crippen LogP contribution in [-0.4, -0.2) is 34.7 Å². The number of carbonyl (C=O) groups is 1. The predicted octanol–water partition coefficient (Wildman–Crippen LogP) is 1.66. The molecule has 1 aromatic rings. The van der Waals surface area contributed by atoms with E-state index in [0.717, 1.165) is 0 Å². The molecule has 2 unspecified atom stereocenters. The Kier molecular flexibility index (Phi) is 6.00. The number of rotatable bonds is 6. The zero-order valence-electron chi connectivity index (χ0n) is 10.00. The minimum atomic E-state index is -0.843. The van der Waals surface area contributed by atoms with E-state index in [9.17, 15) is 9.90 Å². The Bertz CT molecular complexity index is 345. The van der Waals surface area contributed by atoms with Crippen molar-refractivity contribution >= 4 is 17.7 Å². The molecule has 94 valence electrons. The third kappa shape index (κ3) is 4.02. The molecule has 1 aromatic heterocycles. The minimum Gasteiger partial charge on any atom is -0.466 e. The number of nitrogens with zero attached hydrogens (tertiary/aromatic N) is 1. The molecule has 0 radical (unpaired) electrons. The third-order valence-electron chi connectivity index (χ3n) is 2.36. The second-order valence-corrected chi connectivity index (χ2v) is 4.45. The van der Waals surface area contributed by atoms with E-state index in [2.05, 4.69) is 4.98 Å². The van der Waals surface area contributed by atoms with Crippen molar-refractivity contribution < 1.29 is 14.6 Å². The first-order chi connectivity index (χ1) is 8.20. The summed E-state index contributed by atoms with van der Waals surface area (Å²) in [7, 11) is 0. The molecule has 0 saturated carbocycles. The number of hydrogen-bond acceptors (Lipinski definition) is 5. The highest BCUT2D eigenvalue weighted by molar-refractivity contribution is 7.98. The first kappa shape index (κ1) is 14.0. The topological polar surface area (TPSA) is 59.4 Å². The van der Waals surface area contributed by atoms with Gasteiger partial charge in [-0.25, -0.2) is 0 Å². The molecule has 0 spiro atoms. The summed E-state index contributed by atoms with van der Waals surface area (Å²) in [5, 5.41) is 10.2. The first-order valence-corrected chi connectivity index (χ1v) is 6.83. The molecule has 0 bridgehead atoms. The van der Waals surface area contributed by atoms with Gasteiger partial charge in [0.1, 0.15) is 0 Å². The van der Waals surface area contributed by atoms with Crippen molar-refractivity contribution in [2.45, 2.75) is 13.0 Å². The maximum absolute atomic E-state index is 11.7. The Morgan fingerprint density at radius 3 is 2.71 bits per heavy atom. The molecule has 1 N–H and O–H groups in total. The number of thioether (sulfide) groups is 1. The van der Waals surface area contributed by atoms with Crippen molar-refractivity contribution in [1.29, 1.82) is 0 Å². The lowest BCUT2D eigenvalue weighted by Crippen LogP contribution is -2.26.